The summed E-state index contributed by atoms with van der Waals surface area (Å²) in [6, 6.07) is 0.670. The summed E-state index contributed by atoms with van der Waals surface area (Å²) in [5, 5.41) is 0. The van der Waals surface area contributed by atoms with Crippen LogP contribution in [0.4, 0.5) is 0 Å². The Morgan fingerprint density at radius 2 is 2.44 bits per heavy atom. The fourth-order valence-corrected chi connectivity index (χ4v) is 2.48. The molecule has 4 nitrogen and oxygen atoms in total. The van der Waals surface area contributed by atoms with Gasteiger partial charge in [-0.15, -0.1) is 0 Å². The Morgan fingerprint density at radius 1 is 1.62 bits per heavy atom. The quantitative estimate of drug-likeness (QED) is 0.844. The van der Waals surface area contributed by atoms with Gasteiger partial charge >= 0.3 is 0 Å². The number of nitrogens with two attached hydrogens (primary N) is 1. The van der Waals surface area contributed by atoms with Crippen LogP contribution in [0.3, 0.4) is 0 Å². The topological polar surface area (TPSA) is 47.1 Å². The van der Waals surface area contributed by atoms with Gasteiger partial charge in [0.05, 0.1) is 12.0 Å². The third-order valence-electron chi connectivity index (χ3n) is 3.51. The van der Waals surface area contributed by atoms with Crippen LogP contribution in [0.1, 0.15) is 44.0 Å². The molecule has 0 radical (unpaired) electrons. The zero-order valence-corrected chi connectivity index (χ0v) is 10.3. The van der Waals surface area contributed by atoms with Crippen molar-refractivity contribution < 1.29 is 0 Å². The van der Waals surface area contributed by atoms with E-state index in [2.05, 4.69) is 28.4 Å². The molecule has 2 rings (SSSR count). The molecule has 1 fully saturated rings. The van der Waals surface area contributed by atoms with Gasteiger partial charge in [0.15, 0.2) is 0 Å². The van der Waals surface area contributed by atoms with Crippen LogP contribution in [0, 0.1) is 0 Å². The smallest absolute Gasteiger partial charge is 0.0951 e. The van der Waals surface area contributed by atoms with Gasteiger partial charge in [-0.25, -0.2) is 4.98 Å². The number of hydrogen-bond donors (Lipinski definition) is 1. The molecule has 90 valence electrons. The van der Waals surface area contributed by atoms with Crippen LogP contribution in [0.15, 0.2) is 12.5 Å². The minimum atomic E-state index is 0.120. The number of likely N-dealkylation sites (tertiary alicyclic amines) is 1. The molecular weight excluding hydrogens is 200 g/mol. The SMILES string of the molecule is CC[C@@H](N)c1cncn1C1CCCN(C)C1. The lowest BCUT2D eigenvalue weighted by Crippen LogP contribution is -2.34. The molecule has 1 saturated heterocycles. The van der Waals surface area contributed by atoms with Crippen molar-refractivity contribution in [2.24, 2.45) is 5.73 Å². The molecule has 4 heteroatoms. The van der Waals surface area contributed by atoms with Crippen molar-refractivity contribution in [1.29, 1.82) is 0 Å². The zero-order valence-electron chi connectivity index (χ0n) is 10.3. The summed E-state index contributed by atoms with van der Waals surface area (Å²) in [5.74, 6) is 0. The molecule has 1 aliphatic heterocycles. The second kappa shape index (κ2) is 4.97. The Morgan fingerprint density at radius 3 is 3.12 bits per heavy atom. The molecule has 1 aliphatic rings. The average Bonchev–Trinajstić information content (AvgIpc) is 2.77. The van der Waals surface area contributed by atoms with Gasteiger partial charge in [0, 0.05) is 24.8 Å². The first kappa shape index (κ1) is 11.6. The second-order valence-electron chi connectivity index (χ2n) is 4.80. The number of hydrogen-bond acceptors (Lipinski definition) is 3. The molecule has 2 heterocycles. The van der Waals surface area contributed by atoms with Crippen molar-refractivity contribution in [1.82, 2.24) is 14.5 Å². The van der Waals surface area contributed by atoms with Gasteiger partial charge in [-0.1, -0.05) is 6.92 Å². The molecule has 2 atom stereocenters. The Kier molecular flexibility index (Phi) is 3.61. The van der Waals surface area contributed by atoms with Gasteiger partial charge in [0.25, 0.3) is 0 Å². The van der Waals surface area contributed by atoms with Crippen molar-refractivity contribution in [3.63, 3.8) is 0 Å². The van der Waals surface area contributed by atoms with E-state index in [-0.39, 0.29) is 6.04 Å². The van der Waals surface area contributed by atoms with Crippen molar-refractivity contribution in [3.05, 3.63) is 18.2 Å². The highest BCUT2D eigenvalue weighted by Crippen LogP contribution is 2.24. The first-order chi connectivity index (χ1) is 7.72. The van der Waals surface area contributed by atoms with Crippen LogP contribution in [-0.4, -0.2) is 34.6 Å². The van der Waals surface area contributed by atoms with Crippen molar-refractivity contribution in [3.8, 4) is 0 Å². The van der Waals surface area contributed by atoms with E-state index in [1.165, 1.54) is 25.1 Å². The Labute approximate surface area is 97.4 Å². The molecular formula is C12H22N4. The van der Waals surface area contributed by atoms with Crippen LogP contribution in [0.25, 0.3) is 0 Å². The van der Waals surface area contributed by atoms with E-state index in [9.17, 15) is 0 Å². The normalized spacial score (nSPS) is 24.6. The highest BCUT2D eigenvalue weighted by Gasteiger charge is 2.21. The highest BCUT2D eigenvalue weighted by atomic mass is 15.2. The number of nitrogens with zero attached hydrogens (tertiary/aromatic N) is 3. The first-order valence-corrected chi connectivity index (χ1v) is 6.18. The van der Waals surface area contributed by atoms with Gasteiger partial charge in [0.1, 0.15) is 0 Å². The molecule has 0 spiro atoms. The molecule has 1 aromatic heterocycles. The molecule has 2 N–H and O–H groups in total. The second-order valence-corrected chi connectivity index (χ2v) is 4.80. The number of likely N-dealkylation sites (N-methyl/N-ethyl adjacent to an activating group) is 1. The van der Waals surface area contributed by atoms with Crippen LogP contribution in [-0.2, 0) is 0 Å². The van der Waals surface area contributed by atoms with E-state index in [4.69, 9.17) is 5.73 Å². The summed E-state index contributed by atoms with van der Waals surface area (Å²) < 4.78 is 2.28. The molecule has 0 bridgehead atoms. The van der Waals surface area contributed by atoms with Gasteiger partial charge < -0.3 is 15.2 Å². The lowest BCUT2D eigenvalue weighted by molar-refractivity contribution is 0.208. The lowest BCUT2D eigenvalue weighted by Gasteiger charge is -2.32. The summed E-state index contributed by atoms with van der Waals surface area (Å²) >= 11 is 0. The van der Waals surface area contributed by atoms with E-state index >= 15 is 0 Å². The number of piperidine rings is 1. The maximum Gasteiger partial charge on any atom is 0.0951 e. The fraction of sp³-hybridized carbons (Fsp3) is 0.750. The molecule has 0 aliphatic carbocycles. The van der Waals surface area contributed by atoms with E-state index in [0.717, 1.165) is 13.0 Å². The van der Waals surface area contributed by atoms with Crippen LogP contribution < -0.4 is 5.73 Å². The number of rotatable bonds is 3. The highest BCUT2D eigenvalue weighted by molar-refractivity contribution is 5.06. The number of aromatic nitrogens is 2. The monoisotopic (exact) mass is 222 g/mol. The van der Waals surface area contributed by atoms with Gasteiger partial charge in [-0.2, -0.15) is 0 Å². The molecule has 0 amide bonds. The van der Waals surface area contributed by atoms with E-state index in [0.29, 0.717) is 6.04 Å². The minimum absolute atomic E-state index is 0.120. The average molecular weight is 222 g/mol. The van der Waals surface area contributed by atoms with Crippen molar-refractivity contribution >= 4 is 0 Å². The summed E-state index contributed by atoms with van der Waals surface area (Å²) in [6.45, 7) is 4.44. The van der Waals surface area contributed by atoms with Crippen molar-refractivity contribution in [2.45, 2.75) is 38.3 Å². The third kappa shape index (κ3) is 2.28. The Hall–Kier alpha value is -0.870. The van der Waals surface area contributed by atoms with E-state index < -0.39 is 0 Å². The summed E-state index contributed by atoms with van der Waals surface area (Å²) in [5.41, 5.74) is 7.29. The predicted octanol–water partition coefficient (Wildman–Crippen LogP) is 1.56. The third-order valence-corrected chi connectivity index (χ3v) is 3.51. The fourth-order valence-electron chi connectivity index (χ4n) is 2.48. The number of imidazole rings is 1. The lowest BCUT2D eigenvalue weighted by atomic mass is 10.0. The molecule has 16 heavy (non-hydrogen) atoms. The standard InChI is InChI=1S/C12H22N4/c1-3-11(13)12-7-14-9-16(12)10-5-4-6-15(2)8-10/h7,9-11H,3-6,8,13H2,1-2H3/t10?,11-/m1/s1. The van der Waals surface area contributed by atoms with Gasteiger partial charge in [-0.3, -0.25) is 0 Å². The maximum absolute atomic E-state index is 6.11. The van der Waals surface area contributed by atoms with Crippen LogP contribution in [0.5, 0.6) is 0 Å². The Bertz CT molecular complexity index is 334. The van der Waals surface area contributed by atoms with E-state index in [1.54, 1.807) is 0 Å². The summed E-state index contributed by atoms with van der Waals surface area (Å²) in [4.78, 5) is 6.64. The molecule has 0 aromatic carbocycles. The minimum Gasteiger partial charge on any atom is -0.329 e. The predicted molar refractivity (Wildman–Crippen MR) is 65.2 cm³/mol. The Balaban J connectivity index is 2.16. The molecule has 1 aromatic rings. The van der Waals surface area contributed by atoms with Crippen LogP contribution >= 0.6 is 0 Å². The summed E-state index contributed by atoms with van der Waals surface area (Å²) in [7, 11) is 2.18. The van der Waals surface area contributed by atoms with Gasteiger partial charge in [-0.05, 0) is 32.9 Å². The maximum atomic E-state index is 6.11. The molecule has 0 saturated carbocycles. The zero-order chi connectivity index (χ0) is 11.5. The largest absolute Gasteiger partial charge is 0.329 e. The summed E-state index contributed by atoms with van der Waals surface area (Å²) in [6.07, 6.45) is 7.33. The van der Waals surface area contributed by atoms with Crippen molar-refractivity contribution in [2.75, 3.05) is 20.1 Å². The van der Waals surface area contributed by atoms with Gasteiger partial charge in [0.2, 0.25) is 0 Å². The van der Waals surface area contributed by atoms with Crippen LogP contribution in [0.2, 0.25) is 0 Å². The first-order valence-electron chi connectivity index (χ1n) is 6.18. The molecule has 1 unspecified atom stereocenters. The van der Waals surface area contributed by atoms with E-state index in [1.807, 2.05) is 12.5 Å².